The van der Waals surface area contributed by atoms with Gasteiger partial charge in [0.1, 0.15) is 24.6 Å². The highest BCUT2D eigenvalue weighted by molar-refractivity contribution is 6.01. The molecule has 1 aromatic carbocycles. The molecule has 1 saturated heterocycles. The molecular formula is C17H21F2NO6. The Morgan fingerprint density at radius 2 is 1.85 bits per heavy atom. The first-order valence-corrected chi connectivity index (χ1v) is 8.28. The number of carboxylic acid groups (broad SMARTS) is 2. The zero-order valence-electron chi connectivity index (χ0n) is 14.1. The van der Waals surface area contributed by atoms with Crippen molar-refractivity contribution in [1.82, 2.24) is 4.90 Å². The molecule has 2 N–H and O–H groups in total. The summed E-state index contributed by atoms with van der Waals surface area (Å²) < 4.78 is 31.3. The van der Waals surface area contributed by atoms with Crippen LogP contribution in [0.1, 0.15) is 40.0 Å². The molecule has 1 unspecified atom stereocenters. The van der Waals surface area contributed by atoms with Crippen molar-refractivity contribution in [3.63, 3.8) is 0 Å². The predicted octanol–water partition coefficient (Wildman–Crippen LogP) is 2.56. The number of benzene rings is 1. The van der Waals surface area contributed by atoms with Gasteiger partial charge in [-0.1, -0.05) is 0 Å². The normalized spacial score (nSPS) is 17.0. The Morgan fingerprint density at radius 3 is 2.42 bits per heavy atom. The van der Waals surface area contributed by atoms with Crippen LogP contribution in [0.5, 0.6) is 5.75 Å². The minimum Gasteiger partial charge on any atom is -0.491 e. The van der Waals surface area contributed by atoms with Gasteiger partial charge in [0.2, 0.25) is 0 Å². The van der Waals surface area contributed by atoms with Gasteiger partial charge in [0.25, 0.3) is 0 Å². The van der Waals surface area contributed by atoms with Gasteiger partial charge in [-0.15, -0.1) is 0 Å². The fourth-order valence-electron chi connectivity index (χ4n) is 2.79. The van der Waals surface area contributed by atoms with Crippen LogP contribution in [0.4, 0.5) is 8.92 Å². The summed E-state index contributed by atoms with van der Waals surface area (Å²) in [6.07, 6.45) is -0.291. The molecule has 1 atom stereocenters. The molecule has 1 fully saturated rings. The van der Waals surface area contributed by atoms with Gasteiger partial charge in [0.15, 0.2) is 0 Å². The van der Waals surface area contributed by atoms with E-state index in [4.69, 9.17) is 14.9 Å². The molecule has 1 aliphatic rings. The van der Waals surface area contributed by atoms with Crippen LogP contribution in [0.15, 0.2) is 18.2 Å². The molecule has 0 radical (unpaired) electrons. The summed E-state index contributed by atoms with van der Waals surface area (Å²) in [5.74, 6) is -2.67. The van der Waals surface area contributed by atoms with E-state index in [-0.39, 0.29) is 30.4 Å². The average molecular weight is 373 g/mol. The Kier molecular flexibility index (Phi) is 7.28. The third kappa shape index (κ3) is 5.63. The third-order valence-corrected chi connectivity index (χ3v) is 4.30. The van der Waals surface area contributed by atoms with Crippen molar-refractivity contribution in [2.75, 3.05) is 26.2 Å². The number of piperidine rings is 1. The molecule has 0 bridgehead atoms. The number of hydrogen-bond acceptors (Lipinski definition) is 5. The van der Waals surface area contributed by atoms with E-state index >= 15 is 0 Å². The molecule has 0 amide bonds. The zero-order chi connectivity index (χ0) is 19.1. The number of rotatable bonds is 9. The Bertz CT molecular complexity index is 634. The van der Waals surface area contributed by atoms with Crippen LogP contribution >= 0.6 is 0 Å². The summed E-state index contributed by atoms with van der Waals surface area (Å²) in [7, 11) is 0. The molecule has 0 spiro atoms. The lowest BCUT2D eigenvalue weighted by atomic mass is 10.1. The van der Waals surface area contributed by atoms with Gasteiger partial charge in [-0.3, -0.25) is 0 Å². The summed E-state index contributed by atoms with van der Waals surface area (Å²) >= 11 is 0. The highest BCUT2D eigenvalue weighted by atomic mass is 19.3. The van der Waals surface area contributed by atoms with E-state index in [1.807, 2.05) is 4.90 Å². The van der Waals surface area contributed by atoms with Crippen LogP contribution in [-0.2, 0) is 4.94 Å². The van der Waals surface area contributed by atoms with Crippen molar-refractivity contribution >= 4 is 11.9 Å². The van der Waals surface area contributed by atoms with E-state index in [1.165, 1.54) is 6.07 Å². The molecule has 26 heavy (non-hydrogen) atoms. The average Bonchev–Trinajstić information content (AvgIpc) is 2.64. The van der Waals surface area contributed by atoms with E-state index in [2.05, 4.69) is 4.94 Å². The van der Waals surface area contributed by atoms with Crippen molar-refractivity contribution in [3.8, 4) is 5.75 Å². The molecule has 7 nitrogen and oxygen atoms in total. The summed E-state index contributed by atoms with van der Waals surface area (Å²) in [5, 5.41) is 18.0. The smallest absolute Gasteiger partial charge is 0.336 e. The third-order valence-electron chi connectivity index (χ3n) is 4.30. The van der Waals surface area contributed by atoms with Crippen LogP contribution in [0.2, 0.25) is 0 Å². The van der Waals surface area contributed by atoms with E-state index in [0.717, 1.165) is 12.1 Å². The second kappa shape index (κ2) is 9.44. The van der Waals surface area contributed by atoms with Crippen LogP contribution in [-0.4, -0.2) is 65.6 Å². The molecule has 0 saturated carbocycles. The van der Waals surface area contributed by atoms with E-state index in [9.17, 15) is 18.5 Å². The molecular weight excluding hydrogens is 352 g/mol. The SMILES string of the molecule is O=C(O)c1ccc(OCC(F)CCN2CCC(OF)CC2)cc1C(=O)O. The summed E-state index contributed by atoms with van der Waals surface area (Å²) in [4.78, 5) is 27.9. The number of nitrogens with zero attached hydrogens (tertiary/aromatic N) is 1. The lowest BCUT2D eigenvalue weighted by Crippen LogP contribution is -2.37. The first-order valence-electron chi connectivity index (χ1n) is 8.28. The van der Waals surface area contributed by atoms with E-state index < -0.39 is 23.7 Å². The standard InChI is InChI=1S/C17H21F2NO6/c18-11(3-6-20-7-4-12(26-19)5-8-20)10-25-13-1-2-14(16(21)22)15(9-13)17(23)24/h1-2,9,11-12H,3-8,10H2,(H,21,22)(H,23,24). The maximum atomic E-state index is 14.0. The molecule has 2 rings (SSSR count). The monoisotopic (exact) mass is 373 g/mol. The first kappa shape index (κ1) is 20.1. The topological polar surface area (TPSA) is 96.3 Å². The summed E-state index contributed by atoms with van der Waals surface area (Å²) in [6, 6.07) is 3.48. The lowest BCUT2D eigenvalue weighted by Gasteiger charge is -2.30. The Hall–Kier alpha value is -2.26. The van der Waals surface area contributed by atoms with Crippen LogP contribution in [0.25, 0.3) is 0 Å². The zero-order valence-corrected chi connectivity index (χ0v) is 14.1. The van der Waals surface area contributed by atoms with Crippen molar-refractivity contribution in [2.45, 2.75) is 31.5 Å². The molecule has 1 aliphatic heterocycles. The number of carbonyl (C=O) groups is 2. The Morgan fingerprint density at radius 1 is 1.19 bits per heavy atom. The Labute approximate surface area is 149 Å². The minimum atomic E-state index is -1.40. The molecule has 144 valence electrons. The molecule has 1 aromatic rings. The van der Waals surface area contributed by atoms with Gasteiger partial charge in [0, 0.05) is 19.6 Å². The predicted molar refractivity (Wildman–Crippen MR) is 87.0 cm³/mol. The quantitative estimate of drug-likeness (QED) is 0.687. The number of halogens is 2. The maximum absolute atomic E-state index is 14.0. The Balaban J connectivity index is 1.80. The molecule has 9 heteroatoms. The largest absolute Gasteiger partial charge is 0.491 e. The van der Waals surface area contributed by atoms with Gasteiger partial charge < -0.3 is 19.8 Å². The number of hydrogen-bond donors (Lipinski definition) is 2. The molecule has 0 aromatic heterocycles. The van der Waals surface area contributed by atoms with Crippen molar-refractivity contribution in [3.05, 3.63) is 29.3 Å². The van der Waals surface area contributed by atoms with Crippen LogP contribution in [0, 0.1) is 0 Å². The fraction of sp³-hybridized carbons (Fsp3) is 0.529. The van der Waals surface area contributed by atoms with Gasteiger partial charge in [-0.05, 0) is 42.0 Å². The van der Waals surface area contributed by atoms with Crippen LogP contribution in [0.3, 0.4) is 0 Å². The highest BCUT2D eigenvalue weighted by Gasteiger charge is 2.21. The number of likely N-dealkylation sites (tertiary alicyclic amines) is 1. The summed E-state index contributed by atoms with van der Waals surface area (Å²) in [5.41, 5.74) is -0.773. The van der Waals surface area contributed by atoms with Crippen LogP contribution < -0.4 is 4.74 Å². The molecule has 0 aliphatic carbocycles. The molecule has 1 heterocycles. The number of carboxylic acids is 2. The van der Waals surface area contributed by atoms with Gasteiger partial charge in [0.05, 0.1) is 11.1 Å². The second-order valence-corrected chi connectivity index (χ2v) is 6.14. The van der Waals surface area contributed by atoms with E-state index in [1.54, 1.807) is 0 Å². The minimum absolute atomic E-state index is 0.0935. The number of alkyl halides is 1. The number of aromatic carboxylic acids is 2. The van der Waals surface area contributed by atoms with Gasteiger partial charge in [-0.25, -0.2) is 14.0 Å². The first-order chi connectivity index (χ1) is 12.4. The second-order valence-electron chi connectivity index (χ2n) is 6.14. The summed E-state index contributed by atoms with van der Waals surface area (Å²) in [6.45, 7) is 1.51. The maximum Gasteiger partial charge on any atom is 0.336 e. The van der Waals surface area contributed by atoms with E-state index in [0.29, 0.717) is 32.5 Å². The van der Waals surface area contributed by atoms with Crippen molar-refractivity contribution in [2.24, 2.45) is 0 Å². The lowest BCUT2D eigenvalue weighted by molar-refractivity contribution is -0.191. The van der Waals surface area contributed by atoms with Gasteiger partial charge >= 0.3 is 11.9 Å². The van der Waals surface area contributed by atoms with Crippen molar-refractivity contribution < 1.29 is 38.4 Å². The van der Waals surface area contributed by atoms with Gasteiger partial charge in [-0.2, -0.15) is 4.94 Å². The highest BCUT2D eigenvalue weighted by Crippen LogP contribution is 2.20. The van der Waals surface area contributed by atoms with Crippen molar-refractivity contribution in [1.29, 1.82) is 0 Å². The fourth-order valence-corrected chi connectivity index (χ4v) is 2.79. The number of ether oxygens (including phenoxy) is 1.